The van der Waals surface area contributed by atoms with Crippen molar-refractivity contribution in [3.63, 3.8) is 0 Å². The van der Waals surface area contributed by atoms with Crippen LogP contribution in [-0.4, -0.2) is 38.7 Å². The fourth-order valence-electron chi connectivity index (χ4n) is 2.26. The first-order valence-corrected chi connectivity index (χ1v) is 11.8. The van der Waals surface area contributed by atoms with Gasteiger partial charge in [0, 0.05) is 5.92 Å². The topological polar surface area (TPSA) is 44.8 Å². The minimum Gasteiger partial charge on any atom is -0.460 e. The molecule has 0 saturated carbocycles. The molecule has 0 saturated heterocycles. The Kier molecular flexibility index (Phi) is 6.87. The molecule has 3 atom stereocenters. The number of carbonyl (C=O) groups excluding carboxylic acids is 1. The molecule has 0 radical (unpaired) electrons. The SMILES string of the molecule is C[C@H]1O[C@H](CO[Si](C)(C)C(C)(C)C)C=C[C@H]1CC(=O)OC(C)(C)C. The molecule has 0 aromatic rings. The Hall–Kier alpha value is -0.653. The standard InChI is InChI=1S/C19H36O4Si/c1-14-15(12-17(20)23-18(2,3)4)10-11-16(22-14)13-21-24(8,9)19(5,6)7/h10-11,14-16H,12-13H2,1-9H3/t14-,15+,16+/m1/s1. The van der Waals surface area contributed by atoms with Gasteiger partial charge in [-0.3, -0.25) is 4.79 Å². The molecule has 1 aliphatic rings. The van der Waals surface area contributed by atoms with E-state index in [1.165, 1.54) is 0 Å². The predicted molar refractivity (Wildman–Crippen MR) is 101 cm³/mol. The molecule has 0 N–H and O–H groups in total. The Morgan fingerprint density at radius 1 is 1.12 bits per heavy atom. The van der Waals surface area contributed by atoms with Crippen molar-refractivity contribution in [2.24, 2.45) is 5.92 Å². The molecule has 1 rings (SSSR count). The second-order valence-corrected chi connectivity index (χ2v) is 14.1. The quantitative estimate of drug-likeness (QED) is 0.407. The third-order valence-corrected chi connectivity index (χ3v) is 9.30. The summed E-state index contributed by atoms with van der Waals surface area (Å²) in [5, 5.41) is 0.191. The van der Waals surface area contributed by atoms with Crippen LogP contribution in [0.5, 0.6) is 0 Å². The van der Waals surface area contributed by atoms with Gasteiger partial charge < -0.3 is 13.9 Å². The summed E-state index contributed by atoms with van der Waals surface area (Å²) in [5.41, 5.74) is -0.445. The lowest BCUT2D eigenvalue weighted by molar-refractivity contribution is -0.157. The van der Waals surface area contributed by atoms with E-state index in [0.29, 0.717) is 13.0 Å². The summed E-state index contributed by atoms with van der Waals surface area (Å²) in [5.74, 6) is -0.118. The minimum atomic E-state index is -1.77. The summed E-state index contributed by atoms with van der Waals surface area (Å²) >= 11 is 0. The zero-order valence-electron chi connectivity index (χ0n) is 16.9. The van der Waals surface area contributed by atoms with E-state index in [-0.39, 0.29) is 29.1 Å². The van der Waals surface area contributed by atoms with E-state index in [1.807, 2.05) is 33.8 Å². The Morgan fingerprint density at radius 2 is 1.71 bits per heavy atom. The summed E-state index contributed by atoms with van der Waals surface area (Å²) in [6.07, 6.45) is 4.41. The summed E-state index contributed by atoms with van der Waals surface area (Å²) in [4.78, 5) is 12.0. The Morgan fingerprint density at radius 3 is 2.17 bits per heavy atom. The predicted octanol–water partition coefficient (Wildman–Crippen LogP) is 4.70. The fraction of sp³-hybridized carbons (Fsp3) is 0.842. The van der Waals surface area contributed by atoms with E-state index < -0.39 is 13.9 Å². The molecular formula is C19H36O4Si. The van der Waals surface area contributed by atoms with Gasteiger partial charge in [-0.05, 0) is 45.8 Å². The van der Waals surface area contributed by atoms with Crippen molar-refractivity contribution in [3.05, 3.63) is 12.2 Å². The van der Waals surface area contributed by atoms with Crippen LogP contribution in [0.3, 0.4) is 0 Å². The highest BCUT2D eigenvalue weighted by Gasteiger charge is 2.38. The average molecular weight is 357 g/mol. The average Bonchev–Trinajstić information content (AvgIpc) is 2.36. The number of esters is 1. The van der Waals surface area contributed by atoms with Crippen LogP contribution in [0.2, 0.25) is 18.1 Å². The summed E-state index contributed by atoms with van der Waals surface area (Å²) in [6, 6.07) is 0. The van der Waals surface area contributed by atoms with Gasteiger partial charge in [0.05, 0.1) is 25.2 Å². The van der Waals surface area contributed by atoms with Gasteiger partial charge in [-0.25, -0.2) is 0 Å². The molecule has 140 valence electrons. The van der Waals surface area contributed by atoms with Gasteiger partial charge >= 0.3 is 5.97 Å². The molecule has 0 unspecified atom stereocenters. The molecule has 0 spiro atoms. The van der Waals surface area contributed by atoms with Crippen molar-refractivity contribution in [1.29, 1.82) is 0 Å². The maximum atomic E-state index is 12.0. The molecule has 1 aliphatic heterocycles. The highest BCUT2D eigenvalue weighted by molar-refractivity contribution is 6.74. The number of carbonyl (C=O) groups is 1. The van der Waals surface area contributed by atoms with Crippen LogP contribution in [0.1, 0.15) is 54.9 Å². The zero-order chi connectivity index (χ0) is 18.8. The third-order valence-electron chi connectivity index (χ3n) is 4.80. The van der Waals surface area contributed by atoms with E-state index in [4.69, 9.17) is 13.9 Å². The van der Waals surface area contributed by atoms with Gasteiger partial charge in [0.15, 0.2) is 8.32 Å². The monoisotopic (exact) mass is 356 g/mol. The van der Waals surface area contributed by atoms with Gasteiger partial charge in [-0.2, -0.15) is 0 Å². The lowest BCUT2D eigenvalue weighted by Crippen LogP contribution is -2.44. The molecule has 5 heteroatoms. The Labute approximate surface area is 149 Å². The molecule has 0 fully saturated rings. The van der Waals surface area contributed by atoms with E-state index in [2.05, 4.69) is 39.9 Å². The van der Waals surface area contributed by atoms with Crippen molar-refractivity contribution in [3.8, 4) is 0 Å². The van der Waals surface area contributed by atoms with Crippen LogP contribution in [0, 0.1) is 5.92 Å². The van der Waals surface area contributed by atoms with Crippen molar-refractivity contribution < 1.29 is 18.7 Å². The number of hydrogen-bond donors (Lipinski definition) is 0. The van der Waals surface area contributed by atoms with Gasteiger partial charge in [0.1, 0.15) is 5.60 Å². The normalized spacial score (nSPS) is 25.6. The van der Waals surface area contributed by atoms with Crippen molar-refractivity contribution in [2.45, 2.75) is 90.8 Å². The van der Waals surface area contributed by atoms with Crippen molar-refractivity contribution in [2.75, 3.05) is 6.61 Å². The summed E-state index contributed by atoms with van der Waals surface area (Å²) < 4.78 is 17.7. The third kappa shape index (κ3) is 6.69. The highest BCUT2D eigenvalue weighted by Crippen LogP contribution is 2.37. The van der Waals surface area contributed by atoms with Crippen LogP contribution >= 0.6 is 0 Å². The molecule has 0 aliphatic carbocycles. The maximum Gasteiger partial charge on any atom is 0.307 e. The molecule has 1 heterocycles. The molecule has 0 aromatic heterocycles. The first-order valence-electron chi connectivity index (χ1n) is 8.91. The molecule has 24 heavy (non-hydrogen) atoms. The summed E-state index contributed by atoms with van der Waals surface area (Å²) in [7, 11) is -1.77. The first kappa shape index (κ1) is 21.4. The van der Waals surface area contributed by atoms with Gasteiger partial charge in [-0.1, -0.05) is 32.9 Å². The largest absolute Gasteiger partial charge is 0.460 e. The van der Waals surface area contributed by atoms with E-state index in [9.17, 15) is 4.79 Å². The molecule has 0 bridgehead atoms. The van der Waals surface area contributed by atoms with Crippen LogP contribution in [0.25, 0.3) is 0 Å². The van der Waals surface area contributed by atoms with Crippen molar-refractivity contribution in [1.82, 2.24) is 0 Å². The Bertz CT molecular complexity index is 457. The fourth-order valence-corrected chi connectivity index (χ4v) is 3.27. The number of rotatable bonds is 5. The second kappa shape index (κ2) is 7.71. The lowest BCUT2D eigenvalue weighted by atomic mass is 9.96. The van der Waals surface area contributed by atoms with Crippen LogP contribution < -0.4 is 0 Å². The minimum absolute atomic E-state index is 0.0180. The van der Waals surface area contributed by atoms with Gasteiger partial charge in [0.25, 0.3) is 0 Å². The van der Waals surface area contributed by atoms with Gasteiger partial charge in [0.2, 0.25) is 0 Å². The highest BCUT2D eigenvalue weighted by atomic mass is 28.4. The summed E-state index contributed by atoms with van der Waals surface area (Å²) in [6.45, 7) is 19.4. The molecule has 0 aromatic carbocycles. The first-order chi connectivity index (χ1) is 10.7. The smallest absolute Gasteiger partial charge is 0.307 e. The Balaban J connectivity index is 2.55. The van der Waals surface area contributed by atoms with E-state index >= 15 is 0 Å². The van der Waals surface area contributed by atoms with Crippen LogP contribution in [0.15, 0.2) is 12.2 Å². The van der Waals surface area contributed by atoms with E-state index in [0.717, 1.165) is 0 Å². The van der Waals surface area contributed by atoms with Gasteiger partial charge in [-0.15, -0.1) is 0 Å². The van der Waals surface area contributed by atoms with Crippen LogP contribution in [-0.2, 0) is 18.7 Å². The number of hydrogen-bond acceptors (Lipinski definition) is 4. The number of ether oxygens (including phenoxy) is 2. The molecule has 0 amide bonds. The molecular weight excluding hydrogens is 320 g/mol. The van der Waals surface area contributed by atoms with E-state index in [1.54, 1.807) is 0 Å². The zero-order valence-corrected chi connectivity index (χ0v) is 17.9. The lowest BCUT2D eigenvalue weighted by Gasteiger charge is -2.38. The van der Waals surface area contributed by atoms with Crippen molar-refractivity contribution >= 4 is 14.3 Å². The van der Waals surface area contributed by atoms with Crippen LogP contribution in [0.4, 0.5) is 0 Å². The second-order valence-electron chi connectivity index (χ2n) is 9.29. The molecule has 4 nitrogen and oxygen atoms in total. The maximum absolute atomic E-state index is 12.0.